The highest BCUT2D eigenvalue weighted by Gasteiger charge is 2.14. The van der Waals surface area contributed by atoms with Crippen LogP contribution in [-0.4, -0.2) is 24.0 Å². The lowest BCUT2D eigenvalue weighted by molar-refractivity contribution is 0.224. The molecule has 0 unspecified atom stereocenters. The number of rotatable bonds is 1. The highest BCUT2D eigenvalue weighted by atomic mass is 19.1. The van der Waals surface area contributed by atoms with E-state index in [0.29, 0.717) is 13.1 Å². The molecule has 0 aromatic heterocycles. The molecular formula is C11H12FN3O. The third-order valence-corrected chi connectivity index (χ3v) is 2.45. The number of hydrogen-bond acceptors (Lipinski definition) is 2. The van der Waals surface area contributed by atoms with Crippen LogP contribution in [0.25, 0.3) is 0 Å². The monoisotopic (exact) mass is 221 g/mol. The van der Waals surface area contributed by atoms with Crippen LogP contribution in [0.4, 0.5) is 14.9 Å². The SMILES string of the molecule is NC(=O)N1C=CN(c2ccc(F)cc2)CC1. The van der Waals surface area contributed by atoms with E-state index in [1.165, 1.54) is 17.0 Å². The molecular weight excluding hydrogens is 209 g/mol. The van der Waals surface area contributed by atoms with Crippen LogP contribution in [0.5, 0.6) is 0 Å². The van der Waals surface area contributed by atoms with Crippen molar-refractivity contribution in [2.24, 2.45) is 5.73 Å². The van der Waals surface area contributed by atoms with Crippen LogP contribution in [0.1, 0.15) is 0 Å². The summed E-state index contributed by atoms with van der Waals surface area (Å²) in [6.07, 6.45) is 3.37. The molecule has 1 aromatic carbocycles. The van der Waals surface area contributed by atoms with Crippen molar-refractivity contribution in [2.75, 3.05) is 18.0 Å². The standard InChI is InChI=1S/C11H12FN3O/c12-9-1-3-10(4-2-9)14-5-7-15(8-6-14)11(13)16/h1-5,7H,6,8H2,(H2,13,16). The molecule has 0 saturated carbocycles. The Kier molecular flexibility index (Phi) is 2.76. The Morgan fingerprint density at radius 2 is 1.88 bits per heavy atom. The van der Waals surface area contributed by atoms with Gasteiger partial charge in [0.2, 0.25) is 0 Å². The number of primary amides is 1. The number of nitrogens with zero attached hydrogens (tertiary/aromatic N) is 2. The number of carbonyl (C=O) groups is 1. The smallest absolute Gasteiger partial charge is 0.318 e. The minimum absolute atomic E-state index is 0.261. The zero-order valence-corrected chi connectivity index (χ0v) is 8.64. The molecule has 1 heterocycles. The molecule has 84 valence electrons. The average Bonchev–Trinajstić information content (AvgIpc) is 2.30. The van der Waals surface area contributed by atoms with Crippen LogP contribution in [-0.2, 0) is 0 Å². The van der Waals surface area contributed by atoms with Crippen molar-refractivity contribution in [1.29, 1.82) is 0 Å². The molecule has 0 spiro atoms. The van der Waals surface area contributed by atoms with Crippen LogP contribution in [0, 0.1) is 5.82 Å². The number of anilines is 1. The first-order chi connectivity index (χ1) is 7.66. The van der Waals surface area contributed by atoms with Gasteiger partial charge < -0.3 is 10.6 Å². The molecule has 0 radical (unpaired) electrons. The maximum atomic E-state index is 12.7. The summed E-state index contributed by atoms with van der Waals surface area (Å²) in [5, 5.41) is 0. The van der Waals surface area contributed by atoms with Crippen molar-refractivity contribution in [3.63, 3.8) is 0 Å². The molecule has 0 aliphatic carbocycles. The van der Waals surface area contributed by atoms with Gasteiger partial charge in [0.05, 0.1) is 0 Å². The number of urea groups is 1. The van der Waals surface area contributed by atoms with Crippen LogP contribution < -0.4 is 10.6 Å². The normalized spacial score (nSPS) is 15.3. The summed E-state index contributed by atoms with van der Waals surface area (Å²) >= 11 is 0. The lowest BCUT2D eigenvalue weighted by Gasteiger charge is -2.29. The lowest BCUT2D eigenvalue weighted by atomic mass is 10.2. The molecule has 0 fully saturated rings. The Hall–Kier alpha value is -2.04. The van der Waals surface area contributed by atoms with Crippen molar-refractivity contribution in [3.05, 3.63) is 42.5 Å². The number of carbonyl (C=O) groups excluding carboxylic acids is 1. The predicted octanol–water partition coefficient (Wildman–Crippen LogP) is 1.50. The van der Waals surface area contributed by atoms with Gasteiger partial charge in [-0.3, -0.25) is 4.90 Å². The largest absolute Gasteiger partial charge is 0.351 e. The fourth-order valence-electron chi connectivity index (χ4n) is 1.56. The second kappa shape index (κ2) is 4.22. The zero-order valence-electron chi connectivity index (χ0n) is 8.64. The van der Waals surface area contributed by atoms with Gasteiger partial charge in [0.1, 0.15) is 5.82 Å². The molecule has 2 N–H and O–H groups in total. The van der Waals surface area contributed by atoms with E-state index in [4.69, 9.17) is 5.73 Å². The Balaban J connectivity index is 2.11. The highest BCUT2D eigenvalue weighted by Crippen LogP contribution is 2.17. The van der Waals surface area contributed by atoms with Gasteiger partial charge in [0, 0.05) is 31.2 Å². The van der Waals surface area contributed by atoms with E-state index in [1.54, 1.807) is 24.5 Å². The summed E-state index contributed by atoms with van der Waals surface area (Å²) in [5.41, 5.74) is 6.03. The lowest BCUT2D eigenvalue weighted by Crippen LogP contribution is -2.40. The maximum absolute atomic E-state index is 12.7. The molecule has 2 rings (SSSR count). The average molecular weight is 221 g/mol. The highest BCUT2D eigenvalue weighted by molar-refractivity contribution is 5.73. The van der Waals surface area contributed by atoms with Gasteiger partial charge in [-0.25, -0.2) is 9.18 Å². The van der Waals surface area contributed by atoms with Crippen molar-refractivity contribution >= 4 is 11.7 Å². The molecule has 1 aromatic rings. The Bertz CT molecular complexity index is 416. The Labute approximate surface area is 92.7 Å². The minimum atomic E-state index is -0.463. The van der Waals surface area contributed by atoms with Crippen molar-refractivity contribution in [3.8, 4) is 0 Å². The van der Waals surface area contributed by atoms with E-state index in [-0.39, 0.29) is 5.82 Å². The Morgan fingerprint density at radius 1 is 1.19 bits per heavy atom. The first-order valence-electron chi connectivity index (χ1n) is 4.93. The fourth-order valence-corrected chi connectivity index (χ4v) is 1.56. The van der Waals surface area contributed by atoms with Gasteiger partial charge in [-0.05, 0) is 24.3 Å². The Morgan fingerprint density at radius 3 is 2.38 bits per heavy atom. The van der Waals surface area contributed by atoms with Gasteiger partial charge in [0.25, 0.3) is 0 Å². The second-order valence-electron chi connectivity index (χ2n) is 3.50. The zero-order chi connectivity index (χ0) is 11.5. The van der Waals surface area contributed by atoms with Crippen molar-refractivity contribution < 1.29 is 9.18 Å². The van der Waals surface area contributed by atoms with Gasteiger partial charge in [0.15, 0.2) is 0 Å². The van der Waals surface area contributed by atoms with Gasteiger partial charge in [-0.1, -0.05) is 0 Å². The summed E-state index contributed by atoms with van der Waals surface area (Å²) in [7, 11) is 0. The fraction of sp³-hybridized carbons (Fsp3) is 0.182. The molecule has 16 heavy (non-hydrogen) atoms. The van der Waals surface area contributed by atoms with Crippen molar-refractivity contribution in [1.82, 2.24) is 4.90 Å². The minimum Gasteiger partial charge on any atom is -0.351 e. The molecule has 0 atom stereocenters. The van der Waals surface area contributed by atoms with E-state index >= 15 is 0 Å². The van der Waals surface area contributed by atoms with Gasteiger partial charge in [-0.2, -0.15) is 0 Å². The molecule has 0 bridgehead atoms. The topological polar surface area (TPSA) is 49.6 Å². The summed E-state index contributed by atoms with van der Waals surface area (Å²) in [5.74, 6) is -0.261. The molecule has 2 amide bonds. The second-order valence-corrected chi connectivity index (χ2v) is 3.50. The number of amides is 2. The van der Waals surface area contributed by atoms with Crippen LogP contribution in [0.3, 0.4) is 0 Å². The first kappa shape index (κ1) is 10.5. The predicted molar refractivity (Wildman–Crippen MR) is 59.2 cm³/mol. The molecule has 1 aliphatic rings. The third-order valence-electron chi connectivity index (χ3n) is 2.45. The number of halogens is 1. The van der Waals surface area contributed by atoms with Crippen molar-refractivity contribution in [2.45, 2.75) is 0 Å². The first-order valence-corrected chi connectivity index (χ1v) is 4.93. The van der Waals surface area contributed by atoms with Crippen LogP contribution >= 0.6 is 0 Å². The third kappa shape index (κ3) is 2.13. The number of nitrogens with two attached hydrogens (primary N) is 1. The van der Waals surface area contributed by atoms with E-state index in [9.17, 15) is 9.18 Å². The summed E-state index contributed by atoms with van der Waals surface area (Å²) < 4.78 is 12.7. The molecule has 5 heteroatoms. The number of benzene rings is 1. The van der Waals surface area contributed by atoms with E-state index < -0.39 is 6.03 Å². The molecule has 0 saturated heterocycles. The number of hydrogen-bond donors (Lipinski definition) is 1. The molecule has 1 aliphatic heterocycles. The van der Waals surface area contributed by atoms with Crippen LogP contribution in [0.15, 0.2) is 36.7 Å². The van der Waals surface area contributed by atoms with Crippen LogP contribution in [0.2, 0.25) is 0 Å². The van der Waals surface area contributed by atoms with E-state index in [1.807, 2.05) is 4.90 Å². The summed E-state index contributed by atoms with van der Waals surface area (Å²) in [6, 6.07) is 5.74. The van der Waals surface area contributed by atoms with E-state index in [2.05, 4.69) is 0 Å². The van der Waals surface area contributed by atoms with Gasteiger partial charge >= 0.3 is 6.03 Å². The summed E-state index contributed by atoms with van der Waals surface area (Å²) in [6.45, 7) is 1.17. The van der Waals surface area contributed by atoms with Gasteiger partial charge in [-0.15, -0.1) is 0 Å². The maximum Gasteiger partial charge on any atom is 0.318 e. The molecule has 4 nitrogen and oxygen atoms in total. The summed E-state index contributed by atoms with van der Waals surface area (Å²) in [4.78, 5) is 14.2. The quantitative estimate of drug-likeness (QED) is 0.781. The van der Waals surface area contributed by atoms with E-state index in [0.717, 1.165) is 5.69 Å².